The molecule has 0 bridgehead atoms. The number of ether oxygens (including phenoxy) is 2. The number of aromatic hydroxyl groups is 2. The summed E-state index contributed by atoms with van der Waals surface area (Å²) in [5, 5.41) is 20.0. The summed E-state index contributed by atoms with van der Waals surface area (Å²) < 4.78 is 10.5. The van der Waals surface area contributed by atoms with Gasteiger partial charge >= 0.3 is 0 Å². The Labute approximate surface area is 145 Å². The molecule has 0 aliphatic carbocycles. The molecule has 0 saturated carbocycles. The number of amides is 1. The number of hydrogen-bond acceptors (Lipinski definition) is 5. The SMILES string of the molecule is COc1cc2c(cc1O)CCN1C(=O)c3c(ccc(O)c3OC)C[C@@H]21. The largest absolute Gasteiger partial charge is 0.504 e. The highest BCUT2D eigenvalue weighted by Gasteiger charge is 2.39. The van der Waals surface area contributed by atoms with E-state index in [9.17, 15) is 15.0 Å². The minimum absolute atomic E-state index is 0.0305. The third-order valence-corrected chi connectivity index (χ3v) is 5.11. The van der Waals surface area contributed by atoms with Gasteiger partial charge in [-0.25, -0.2) is 0 Å². The van der Waals surface area contributed by atoms with Crippen LogP contribution in [0.1, 0.15) is 33.1 Å². The third-order valence-electron chi connectivity index (χ3n) is 5.11. The van der Waals surface area contributed by atoms with Crippen molar-refractivity contribution in [1.29, 1.82) is 0 Å². The number of fused-ring (bicyclic) bond motifs is 4. The van der Waals surface area contributed by atoms with E-state index in [4.69, 9.17) is 9.47 Å². The highest BCUT2D eigenvalue weighted by Crippen LogP contribution is 2.45. The van der Waals surface area contributed by atoms with Gasteiger partial charge in [0.2, 0.25) is 0 Å². The molecule has 2 N–H and O–H groups in total. The van der Waals surface area contributed by atoms with Crippen molar-refractivity contribution in [1.82, 2.24) is 4.90 Å². The second kappa shape index (κ2) is 5.58. The molecule has 6 heteroatoms. The van der Waals surface area contributed by atoms with Gasteiger partial charge in [-0.15, -0.1) is 0 Å². The van der Waals surface area contributed by atoms with Gasteiger partial charge in [0.05, 0.1) is 25.8 Å². The lowest BCUT2D eigenvalue weighted by molar-refractivity contribution is 0.0626. The first-order valence-corrected chi connectivity index (χ1v) is 8.14. The van der Waals surface area contributed by atoms with Crippen LogP contribution in [0.15, 0.2) is 24.3 Å². The first-order chi connectivity index (χ1) is 12.0. The molecule has 2 aromatic rings. The van der Waals surface area contributed by atoms with E-state index in [-0.39, 0.29) is 29.2 Å². The number of benzene rings is 2. The minimum atomic E-state index is -0.142. The Bertz CT molecular complexity index is 877. The van der Waals surface area contributed by atoms with Crippen LogP contribution >= 0.6 is 0 Å². The highest BCUT2D eigenvalue weighted by molar-refractivity contribution is 6.01. The van der Waals surface area contributed by atoms with Crippen molar-refractivity contribution in [2.75, 3.05) is 20.8 Å². The maximum Gasteiger partial charge on any atom is 0.258 e. The molecule has 0 spiro atoms. The van der Waals surface area contributed by atoms with Gasteiger partial charge in [0, 0.05) is 6.54 Å². The smallest absolute Gasteiger partial charge is 0.258 e. The van der Waals surface area contributed by atoms with Crippen molar-refractivity contribution in [3.05, 3.63) is 46.5 Å². The Balaban J connectivity index is 1.85. The van der Waals surface area contributed by atoms with Gasteiger partial charge in [-0.2, -0.15) is 0 Å². The molecule has 4 rings (SSSR count). The van der Waals surface area contributed by atoms with E-state index in [2.05, 4.69) is 0 Å². The van der Waals surface area contributed by atoms with Gasteiger partial charge in [-0.1, -0.05) is 6.07 Å². The van der Waals surface area contributed by atoms with E-state index in [0.29, 0.717) is 30.7 Å². The molecule has 6 nitrogen and oxygen atoms in total. The number of methoxy groups -OCH3 is 2. The molecule has 2 heterocycles. The predicted molar refractivity (Wildman–Crippen MR) is 90.5 cm³/mol. The van der Waals surface area contributed by atoms with E-state index < -0.39 is 0 Å². The second-order valence-corrected chi connectivity index (χ2v) is 6.34. The number of carbonyl (C=O) groups excluding carboxylic acids is 1. The van der Waals surface area contributed by atoms with Crippen molar-refractivity contribution >= 4 is 5.91 Å². The Hall–Kier alpha value is -2.89. The zero-order chi connectivity index (χ0) is 17.7. The van der Waals surface area contributed by atoms with Crippen LogP contribution in [0.3, 0.4) is 0 Å². The standard InChI is InChI=1S/C19H19NO5/c1-24-16-9-12-10(8-15(16)22)5-6-20-13(12)7-11-3-4-14(21)18(25-2)17(11)19(20)23/h3-4,8-9,13,21-22H,5-7H2,1-2H3/t13-/m0/s1. The van der Waals surface area contributed by atoms with Gasteiger partial charge in [0.1, 0.15) is 0 Å². The molecule has 0 fully saturated rings. The predicted octanol–water partition coefficient (Wildman–Crippen LogP) is 2.41. The fourth-order valence-corrected chi connectivity index (χ4v) is 3.92. The zero-order valence-electron chi connectivity index (χ0n) is 14.1. The number of phenolic OH excluding ortho intramolecular Hbond substituents is 2. The monoisotopic (exact) mass is 341 g/mol. The Morgan fingerprint density at radius 3 is 2.60 bits per heavy atom. The number of nitrogens with zero attached hydrogens (tertiary/aromatic N) is 1. The molecule has 0 unspecified atom stereocenters. The average Bonchev–Trinajstić information content (AvgIpc) is 2.61. The normalized spacial score (nSPS) is 18.2. The summed E-state index contributed by atoms with van der Waals surface area (Å²) in [6, 6.07) is 6.75. The Morgan fingerprint density at radius 2 is 1.88 bits per heavy atom. The van der Waals surface area contributed by atoms with Crippen LogP contribution in [0.5, 0.6) is 23.0 Å². The molecule has 0 radical (unpaired) electrons. The van der Waals surface area contributed by atoms with Crippen LogP contribution in [-0.2, 0) is 12.8 Å². The van der Waals surface area contributed by atoms with Gasteiger partial charge in [0.25, 0.3) is 5.91 Å². The molecule has 2 aliphatic heterocycles. The summed E-state index contributed by atoms with van der Waals surface area (Å²) in [5.74, 6) is 0.578. The molecular formula is C19H19NO5. The first kappa shape index (κ1) is 15.6. The maximum absolute atomic E-state index is 13.1. The summed E-state index contributed by atoms with van der Waals surface area (Å²) in [7, 11) is 2.96. The average molecular weight is 341 g/mol. The van der Waals surface area contributed by atoms with Crippen molar-refractivity contribution in [2.24, 2.45) is 0 Å². The molecule has 0 saturated heterocycles. The topological polar surface area (TPSA) is 79.2 Å². The van der Waals surface area contributed by atoms with Crippen LogP contribution in [0.2, 0.25) is 0 Å². The van der Waals surface area contributed by atoms with Crippen LogP contribution in [0.4, 0.5) is 0 Å². The minimum Gasteiger partial charge on any atom is -0.504 e. The summed E-state index contributed by atoms with van der Waals surface area (Å²) in [6.45, 7) is 0.556. The van der Waals surface area contributed by atoms with Crippen molar-refractivity contribution in [2.45, 2.75) is 18.9 Å². The van der Waals surface area contributed by atoms with Gasteiger partial charge in [-0.3, -0.25) is 4.79 Å². The molecular weight excluding hydrogens is 322 g/mol. The molecule has 0 aromatic heterocycles. The van der Waals surface area contributed by atoms with Crippen molar-refractivity contribution < 1.29 is 24.5 Å². The Kier molecular flexibility index (Phi) is 3.49. The van der Waals surface area contributed by atoms with Crippen LogP contribution in [-0.4, -0.2) is 41.8 Å². The summed E-state index contributed by atoms with van der Waals surface area (Å²) in [5.41, 5.74) is 3.31. The quantitative estimate of drug-likeness (QED) is 0.877. The number of rotatable bonds is 2. The van der Waals surface area contributed by atoms with Crippen LogP contribution in [0.25, 0.3) is 0 Å². The highest BCUT2D eigenvalue weighted by atomic mass is 16.5. The lowest BCUT2D eigenvalue weighted by atomic mass is 9.83. The van der Waals surface area contributed by atoms with Crippen LogP contribution < -0.4 is 9.47 Å². The van der Waals surface area contributed by atoms with E-state index in [1.807, 2.05) is 11.0 Å². The third kappa shape index (κ3) is 2.21. The lowest BCUT2D eigenvalue weighted by Gasteiger charge is -2.41. The maximum atomic E-state index is 13.1. The van der Waals surface area contributed by atoms with Crippen molar-refractivity contribution in [3.8, 4) is 23.0 Å². The molecule has 2 aliphatic rings. The number of phenols is 2. The molecule has 2 aromatic carbocycles. The van der Waals surface area contributed by atoms with E-state index >= 15 is 0 Å². The summed E-state index contributed by atoms with van der Waals surface area (Å²) in [6.07, 6.45) is 1.28. The van der Waals surface area contributed by atoms with E-state index in [1.165, 1.54) is 14.2 Å². The lowest BCUT2D eigenvalue weighted by Crippen LogP contribution is -2.44. The molecule has 25 heavy (non-hydrogen) atoms. The summed E-state index contributed by atoms with van der Waals surface area (Å²) in [4.78, 5) is 14.9. The van der Waals surface area contributed by atoms with Gasteiger partial charge < -0.3 is 24.6 Å². The molecule has 1 amide bonds. The zero-order valence-corrected chi connectivity index (χ0v) is 14.1. The fraction of sp³-hybridized carbons (Fsp3) is 0.316. The molecule has 130 valence electrons. The fourth-order valence-electron chi connectivity index (χ4n) is 3.92. The van der Waals surface area contributed by atoms with Gasteiger partial charge in [-0.05, 0) is 47.7 Å². The van der Waals surface area contributed by atoms with Gasteiger partial charge in [0.15, 0.2) is 23.0 Å². The Morgan fingerprint density at radius 1 is 1.08 bits per heavy atom. The second-order valence-electron chi connectivity index (χ2n) is 6.34. The van der Waals surface area contributed by atoms with E-state index in [1.54, 1.807) is 18.2 Å². The van der Waals surface area contributed by atoms with E-state index in [0.717, 1.165) is 16.7 Å². The molecule has 1 atom stereocenters. The number of carbonyl (C=O) groups is 1. The first-order valence-electron chi connectivity index (χ1n) is 8.14. The summed E-state index contributed by atoms with van der Waals surface area (Å²) >= 11 is 0. The van der Waals surface area contributed by atoms with Crippen LogP contribution in [0, 0.1) is 0 Å². The number of hydrogen-bond donors (Lipinski definition) is 2. The van der Waals surface area contributed by atoms with Crippen molar-refractivity contribution in [3.63, 3.8) is 0 Å².